The second-order valence-corrected chi connectivity index (χ2v) is 7.63. The van der Waals surface area contributed by atoms with Crippen LogP contribution in [0.15, 0.2) is 4.99 Å². The molecular weight excluding hydrogens is 228 g/mol. The zero-order valence-electron chi connectivity index (χ0n) is 11.7. The quantitative estimate of drug-likeness (QED) is 0.831. The summed E-state index contributed by atoms with van der Waals surface area (Å²) in [6, 6.07) is 0. The highest BCUT2D eigenvalue weighted by molar-refractivity contribution is 8.14. The Labute approximate surface area is 110 Å². The standard InChI is InChI=1S/C14H26N2S/c1-11(2)13(3,4)9-15-12-16-14(10-17-12)7-5-6-8-14/h11H,5-10H2,1-4H3,(H,15,16). The maximum Gasteiger partial charge on any atom is 0.157 e. The Balaban J connectivity index is 1.92. The Kier molecular flexibility index (Phi) is 3.77. The average Bonchev–Trinajstić information content (AvgIpc) is 2.87. The molecule has 2 aliphatic rings. The third-order valence-corrected chi connectivity index (χ3v) is 5.81. The van der Waals surface area contributed by atoms with Crippen LogP contribution in [0.25, 0.3) is 0 Å². The Morgan fingerprint density at radius 1 is 1.35 bits per heavy atom. The maximum absolute atomic E-state index is 4.80. The topological polar surface area (TPSA) is 24.4 Å². The fourth-order valence-corrected chi connectivity index (χ4v) is 3.59. The molecule has 1 heterocycles. The van der Waals surface area contributed by atoms with Gasteiger partial charge in [0.25, 0.3) is 0 Å². The molecule has 1 saturated heterocycles. The van der Waals surface area contributed by atoms with Gasteiger partial charge in [0, 0.05) is 17.8 Å². The van der Waals surface area contributed by atoms with Crippen molar-refractivity contribution in [2.24, 2.45) is 16.3 Å². The van der Waals surface area contributed by atoms with Crippen molar-refractivity contribution in [3.05, 3.63) is 0 Å². The highest BCUT2D eigenvalue weighted by Gasteiger charge is 2.39. The van der Waals surface area contributed by atoms with Crippen molar-refractivity contribution in [3.8, 4) is 0 Å². The van der Waals surface area contributed by atoms with Crippen LogP contribution in [0.5, 0.6) is 0 Å². The minimum atomic E-state index is 0.306. The molecule has 0 aromatic heterocycles. The maximum atomic E-state index is 4.80. The number of hydrogen-bond acceptors (Lipinski definition) is 2. The van der Waals surface area contributed by atoms with Gasteiger partial charge in [0.1, 0.15) is 0 Å². The number of aliphatic imine (C=N–C) groups is 1. The molecule has 1 aliphatic heterocycles. The summed E-state index contributed by atoms with van der Waals surface area (Å²) in [6.07, 6.45) is 5.45. The molecule has 17 heavy (non-hydrogen) atoms. The van der Waals surface area contributed by atoms with Gasteiger partial charge in [0.05, 0.1) is 0 Å². The van der Waals surface area contributed by atoms with Gasteiger partial charge < -0.3 is 5.32 Å². The van der Waals surface area contributed by atoms with Crippen LogP contribution in [-0.4, -0.2) is 23.0 Å². The van der Waals surface area contributed by atoms with Crippen LogP contribution in [0.4, 0.5) is 0 Å². The van der Waals surface area contributed by atoms with Crippen molar-refractivity contribution in [3.63, 3.8) is 0 Å². The average molecular weight is 254 g/mol. The lowest BCUT2D eigenvalue weighted by atomic mass is 9.81. The lowest BCUT2D eigenvalue weighted by Gasteiger charge is -2.27. The van der Waals surface area contributed by atoms with Crippen LogP contribution in [0.3, 0.4) is 0 Å². The molecule has 0 amide bonds. The van der Waals surface area contributed by atoms with Gasteiger partial charge in [-0.15, -0.1) is 0 Å². The smallest absolute Gasteiger partial charge is 0.157 e. The Hall–Kier alpha value is -0.180. The summed E-state index contributed by atoms with van der Waals surface area (Å²) in [5.74, 6) is 1.91. The summed E-state index contributed by atoms with van der Waals surface area (Å²) in [6.45, 7) is 10.1. The molecule has 0 radical (unpaired) electrons. The van der Waals surface area contributed by atoms with E-state index in [4.69, 9.17) is 4.99 Å². The van der Waals surface area contributed by atoms with Gasteiger partial charge in [0.2, 0.25) is 0 Å². The van der Waals surface area contributed by atoms with E-state index >= 15 is 0 Å². The monoisotopic (exact) mass is 254 g/mol. The Morgan fingerprint density at radius 3 is 2.59 bits per heavy atom. The number of nitrogens with one attached hydrogen (secondary N) is 1. The molecule has 1 spiro atoms. The predicted octanol–water partition coefficient (Wildman–Crippen LogP) is 3.67. The molecule has 2 nitrogen and oxygen atoms in total. The molecule has 98 valence electrons. The van der Waals surface area contributed by atoms with Crippen LogP contribution >= 0.6 is 11.8 Å². The van der Waals surface area contributed by atoms with Crippen molar-refractivity contribution in [2.75, 3.05) is 12.3 Å². The van der Waals surface area contributed by atoms with Crippen molar-refractivity contribution in [1.82, 2.24) is 5.32 Å². The largest absolute Gasteiger partial charge is 0.359 e. The van der Waals surface area contributed by atoms with E-state index in [0.717, 1.165) is 6.54 Å². The van der Waals surface area contributed by atoms with Gasteiger partial charge in [-0.1, -0.05) is 52.3 Å². The zero-order chi connectivity index (χ0) is 12.5. The normalized spacial score (nSPS) is 26.1. The molecule has 1 saturated carbocycles. The van der Waals surface area contributed by atoms with Crippen molar-refractivity contribution >= 4 is 16.9 Å². The second-order valence-electron chi connectivity index (χ2n) is 6.67. The van der Waals surface area contributed by atoms with Crippen molar-refractivity contribution in [2.45, 2.75) is 58.9 Å². The summed E-state index contributed by atoms with van der Waals surface area (Å²) in [5, 5.41) is 4.89. The van der Waals surface area contributed by atoms with Gasteiger partial charge in [-0.05, 0) is 24.2 Å². The van der Waals surface area contributed by atoms with E-state index in [1.165, 1.54) is 36.6 Å². The van der Waals surface area contributed by atoms with Gasteiger partial charge >= 0.3 is 0 Å². The molecule has 0 bridgehead atoms. The van der Waals surface area contributed by atoms with E-state index in [9.17, 15) is 0 Å². The second kappa shape index (κ2) is 4.83. The van der Waals surface area contributed by atoms with Gasteiger partial charge in [-0.3, -0.25) is 4.99 Å². The van der Waals surface area contributed by atoms with E-state index in [0.29, 0.717) is 16.9 Å². The molecule has 0 aromatic rings. The first-order valence-corrected chi connectivity index (χ1v) is 7.88. The first kappa shape index (κ1) is 13.3. The minimum absolute atomic E-state index is 0.306. The highest BCUT2D eigenvalue weighted by atomic mass is 32.2. The molecule has 1 aliphatic carbocycles. The third kappa shape index (κ3) is 2.98. The Morgan fingerprint density at radius 2 is 2.00 bits per heavy atom. The molecule has 1 N–H and O–H groups in total. The minimum Gasteiger partial charge on any atom is -0.359 e. The molecule has 3 heteroatoms. The highest BCUT2D eigenvalue weighted by Crippen LogP contribution is 2.37. The first-order chi connectivity index (χ1) is 7.94. The number of nitrogens with zero attached hydrogens (tertiary/aromatic N) is 1. The van der Waals surface area contributed by atoms with Crippen molar-refractivity contribution < 1.29 is 0 Å². The van der Waals surface area contributed by atoms with Crippen LogP contribution in [0, 0.1) is 11.3 Å². The number of amidine groups is 1. The number of rotatable bonds is 3. The van der Waals surface area contributed by atoms with E-state index in [2.05, 4.69) is 33.0 Å². The molecular formula is C14H26N2S. The van der Waals surface area contributed by atoms with E-state index in [-0.39, 0.29) is 0 Å². The lowest BCUT2D eigenvalue weighted by molar-refractivity contribution is 0.262. The summed E-state index contributed by atoms with van der Waals surface area (Å²) in [5.41, 5.74) is 0.714. The molecule has 0 unspecified atom stereocenters. The fraction of sp³-hybridized carbons (Fsp3) is 0.929. The summed E-state index contributed by atoms with van der Waals surface area (Å²) in [7, 11) is 0. The van der Waals surface area contributed by atoms with Crippen LogP contribution < -0.4 is 5.32 Å². The fourth-order valence-electron chi connectivity index (χ4n) is 2.37. The number of hydrogen-bond donors (Lipinski definition) is 1. The van der Waals surface area contributed by atoms with Gasteiger partial charge in [-0.2, -0.15) is 0 Å². The molecule has 2 fully saturated rings. The van der Waals surface area contributed by atoms with Crippen LogP contribution in [-0.2, 0) is 0 Å². The predicted molar refractivity (Wildman–Crippen MR) is 77.7 cm³/mol. The first-order valence-electron chi connectivity index (χ1n) is 6.89. The molecule has 0 atom stereocenters. The van der Waals surface area contributed by atoms with Crippen molar-refractivity contribution in [1.29, 1.82) is 0 Å². The molecule has 2 rings (SSSR count). The SMILES string of the molecule is CC(C)C(C)(C)CN=C1NC2(CCCC2)CS1. The van der Waals surface area contributed by atoms with E-state index < -0.39 is 0 Å². The summed E-state index contributed by atoms with van der Waals surface area (Å²) >= 11 is 1.93. The lowest BCUT2D eigenvalue weighted by Crippen LogP contribution is -2.41. The van der Waals surface area contributed by atoms with Crippen LogP contribution in [0.2, 0.25) is 0 Å². The summed E-state index contributed by atoms with van der Waals surface area (Å²) < 4.78 is 0. The molecule has 0 aromatic carbocycles. The van der Waals surface area contributed by atoms with E-state index in [1.54, 1.807) is 0 Å². The van der Waals surface area contributed by atoms with Gasteiger partial charge in [-0.25, -0.2) is 0 Å². The number of thioether (sulfide) groups is 1. The van der Waals surface area contributed by atoms with E-state index in [1.807, 2.05) is 11.8 Å². The van der Waals surface area contributed by atoms with Gasteiger partial charge in [0.15, 0.2) is 5.17 Å². The third-order valence-electron chi connectivity index (χ3n) is 4.61. The zero-order valence-corrected chi connectivity index (χ0v) is 12.5. The Bertz CT molecular complexity index is 301. The van der Waals surface area contributed by atoms with Crippen LogP contribution in [0.1, 0.15) is 53.4 Å². The summed E-state index contributed by atoms with van der Waals surface area (Å²) in [4.78, 5) is 4.80.